The molecule has 0 bridgehead atoms. The minimum Gasteiger partial charge on any atom is -0.328 e. The molecule has 2 N–H and O–H groups in total. The normalized spacial score (nSPS) is 39.1. The molecule has 0 aromatic heterocycles. The predicted octanol–water partition coefficient (Wildman–Crippen LogP) is 2.60. The Morgan fingerprint density at radius 2 is 1.80 bits per heavy atom. The summed E-state index contributed by atoms with van der Waals surface area (Å²) in [5.74, 6) is 0. The van der Waals surface area contributed by atoms with Crippen LogP contribution in [-0.2, 0) is 0 Å². The lowest BCUT2D eigenvalue weighted by atomic mass is 9.88. The van der Waals surface area contributed by atoms with Crippen LogP contribution < -0.4 is 5.73 Å². The molecule has 0 radical (unpaired) electrons. The predicted molar refractivity (Wildman–Crippen MR) is 84.8 cm³/mol. The summed E-state index contributed by atoms with van der Waals surface area (Å²) >= 11 is 0. The highest BCUT2D eigenvalue weighted by Gasteiger charge is 2.40. The molecule has 0 aromatic carbocycles. The molecule has 116 valence electrons. The minimum atomic E-state index is 0.476. The number of hydrogen-bond acceptors (Lipinski definition) is 3. The molecule has 1 aliphatic carbocycles. The van der Waals surface area contributed by atoms with Crippen molar-refractivity contribution in [3.8, 4) is 0 Å². The Bertz CT molecular complexity index is 299. The first kappa shape index (κ1) is 14.8. The zero-order valence-corrected chi connectivity index (χ0v) is 13.3. The van der Waals surface area contributed by atoms with Crippen molar-refractivity contribution in [2.45, 2.75) is 88.9 Å². The Morgan fingerprint density at radius 1 is 1.00 bits per heavy atom. The largest absolute Gasteiger partial charge is 0.328 e. The van der Waals surface area contributed by atoms with E-state index in [1.807, 2.05) is 0 Å². The van der Waals surface area contributed by atoms with Crippen LogP contribution in [0.4, 0.5) is 0 Å². The highest BCUT2D eigenvalue weighted by atomic mass is 15.3. The molecule has 3 fully saturated rings. The van der Waals surface area contributed by atoms with Gasteiger partial charge >= 0.3 is 0 Å². The van der Waals surface area contributed by atoms with E-state index in [9.17, 15) is 0 Å². The third kappa shape index (κ3) is 3.05. The summed E-state index contributed by atoms with van der Waals surface area (Å²) in [5, 5.41) is 0. The van der Waals surface area contributed by atoms with Gasteiger partial charge in [-0.3, -0.25) is 9.80 Å². The summed E-state index contributed by atoms with van der Waals surface area (Å²) in [5.41, 5.74) is 6.10. The first-order valence-electron chi connectivity index (χ1n) is 9.05. The van der Waals surface area contributed by atoms with Crippen LogP contribution in [-0.4, -0.2) is 53.6 Å². The molecule has 1 saturated carbocycles. The molecule has 3 rings (SSSR count). The van der Waals surface area contributed by atoms with Crippen LogP contribution in [0, 0.1) is 0 Å². The zero-order chi connectivity index (χ0) is 13.9. The van der Waals surface area contributed by atoms with Crippen molar-refractivity contribution < 1.29 is 0 Å². The van der Waals surface area contributed by atoms with E-state index >= 15 is 0 Å². The Labute approximate surface area is 124 Å². The Kier molecular flexibility index (Phi) is 5.00. The second-order valence-corrected chi connectivity index (χ2v) is 7.26. The monoisotopic (exact) mass is 279 g/mol. The van der Waals surface area contributed by atoms with Crippen molar-refractivity contribution >= 4 is 0 Å². The molecule has 3 aliphatic rings. The topological polar surface area (TPSA) is 32.5 Å². The Morgan fingerprint density at radius 3 is 2.55 bits per heavy atom. The summed E-state index contributed by atoms with van der Waals surface area (Å²) in [7, 11) is 0. The molecule has 2 aliphatic heterocycles. The van der Waals surface area contributed by atoms with E-state index in [0.29, 0.717) is 6.04 Å². The fourth-order valence-corrected chi connectivity index (χ4v) is 4.92. The van der Waals surface area contributed by atoms with Crippen molar-refractivity contribution in [2.75, 3.05) is 19.6 Å². The second-order valence-electron chi connectivity index (χ2n) is 7.26. The van der Waals surface area contributed by atoms with E-state index in [2.05, 4.69) is 16.7 Å². The molecule has 0 aromatic rings. The van der Waals surface area contributed by atoms with Crippen LogP contribution in [0.1, 0.15) is 64.7 Å². The SMILES string of the molecule is CCCN(C1CCC(N)CC1)C1CCN2CCCCC12. The Balaban J connectivity index is 1.66. The van der Waals surface area contributed by atoms with Crippen molar-refractivity contribution in [3.63, 3.8) is 0 Å². The summed E-state index contributed by atoms with van der Waals surface area (Å²) in [6.07, 6.45) is 12.2. The van der Waals surface area contributed by atoms with Crippen LogP contribution in [0.3, 0.4) is 0 Å². The van der Waals surface area contributed by atoms with Gasteiger partial charge < -0.3 is 5.73 Å². The van der Waals surface area contributed by atoms with E-state index in [1.54, 1.807) is 0 Å². The lowest BCUT2D eigenvalue weighted by Crippen LogP contribution is -2.52. The lowest BCUT2D eigenvalue weighted by Gasteiger charge is -2.43. The highest BCUT2D eigenvalue weighted by Crippen LogP contribution is 2.34. The number of rotatable bonds is 4. The number of nitrogens with zero attached hydrogens (tertiary/aromatic N) is 2. The smallest absolute Gasteiger partial charge is 0.0266 e. The van der Waals surface area contributed by atoms with Gasteiger partial charge in [0.2, 0.25) is 0 Å². The first-order valence-corrected chi connectivity index (χ1v) is 9.05. The van der Waals surface area contributed by atoms with Gasteiger partial charge in [0.05, 0.1) is 0 Å². The van der Waals surface area contributed by atoms with Crippen molar-refractivity contribution in [2.24, 2.45) is 5.73 Å². The third-order valence-corrected chi connectivity index (χ3v) is 5.94. The van der Waals surface area contributed by atoms with Crippen LogP contribution in [0.25, 0.3) is 0 Å². The maximum absolute atomic E-state index is 6.10. The molecule has 0 amide bonds. The molecular formula is C17H33N3. The molecule has 3 heteroatoms. The van der Waals surface area contributed by atoms with Gasteiger partial charge in [-0.05, 0) is 64.5 Å². The molecule has 3 nitrogen and oxygen atoms in total. The van der Waals surface area contributed by atoms with Crippen molar-refractivity contribution in [3.05, 3.63) is 0 Å². The van der Waals surface area contributed by atoms with E-state index < -0.39 is 0 Å². The standard InChI is InChI=1S/C17H33N3/c1-2-11-20(15-8-6-14(18)7-9-15)17-10-13-19-12-4-3-5-16(17)19/h14-17H,2-13,18H2,1H3. The molecule has 20 heavy (non-hydrogen) atoms. The summed E-state index contributed by atoms with van der Waals surface area (Å²) in [6.45, 7) is 6.35. The molecule has 2 unspecified atom stereocenters. The fraction of sp³-hybridized carbons (Fsp3) is 1.00. The molecule has 2 heterocycles. The number of hydrogen-bond donors (Lipinski definition) is 1. The summed E-state index contributed by atoms with van der Waals surface area (Å²) < 4.78 is 0. The average Bonchev–Trinajstić information content (AvgIpc) is 2.90. The number of piperidine rings is 1. The average molecular weight is 279 g/mol. The van der Waals surface area contributed by atoms with E-state index in [1.165, 1.54) is 77.4 Å². The maximum Gasteiger partial charge on any atom is 0.0266 e. The Hall–Kier alpha value is -0.120. The van der Waals surface area contributed by atoms with Crippen molar-refractivity contribution in [1.82, 2.24) is 9.80 Å². The van der Waals surface area contributed by atoms with Crippen LogP contribution in [0.2, 0.25) is 0 Å². The number of nitrogens with two attached hydrogens (primary N) is 1. The first-order chi connectivity index (χ1) is 9.79. The summed E-state index contributed by atoms with van der Waals surface area (Å²) in [6, 6.07) is 3.01. The van der Waals surface area contributed by atoms with Crippen LogP contribution in [0.15, 0.2) is 0 Å². The molecular weight excluding hydrogens is 246 g/mol. The van der Waals surface area contributed by atoms with E-state index in [-0.39, 0.29) is 0 Å². The van der Waals surface area contributed by atoms with E-state index in [4.69, 9.17) is 5.73 Å². The van der Waals surface area contributed by atoms with E-state index in [0.717, 1.165) is 18.1 Å². The maximum atomic E-state index is 6.10. The zero-order valence-electron chi connectivity index (χ0n) is 13.3. The van der Waals surface area contributed by atoms with Gasteiger partial charge in [-0.15, -0.1) is 0 Å². The highest BCUT2D eigenvalue weighted by molar-refractivity contribution is 4.97. The van der Waals surface area contributed by atoms with Crippen LogP contribution >= 0.6 is 0 Å². The van der Waals surface area contributed by atoms with Gasteiger partial charge in [-0.2, -0.15) is 0 Å². The van der Waals surface area contributed by atoms with Gasteiger partial charge in [0.1, 0.15) is 0 Å². The molecule has 0 spiro atoms. The molecule has 2 saturated heterocycles. The fourth-order valence-electron chi connectivity index (χ4n) is 4.92. The minimum absolute atomic E-state index is 0.476. The summed E-state index contributed by atoms with van der Waals surface area (Å²) in [4.78, 5) is 5.69. The van der Waals surface area contributed by atoms with Gasteiger partial charge in [-0.1, -0.05) is 13.3 Å². The number of fused-ring (bicyclic) bond motifs is 1. The molecule has 2 atom stereocenters. The van der Waals surface area contributed by atoms with Gasteiger partial charge in [0, 0.05) is 30.7 Å². The van der Waals surface area contributed by atoms with Gasteiger partial charge in [0.15, 0.2) is 0 Å². The van der Waals surface area contributed by atoms with Gasteiger partial charge in [-0.25, -0.2) is 0 Å². The van der Waals surface area contributed by atoms with Gasteiger partial charge in [0.25, 0.3) is 0 Å². The second kappa shape index (κ2) is 6.76. The quantitative estimate of drug-likeness (QED) is 0.858. The third-order valence-electron chi connectivity index (χ3n) is 5.94. The van der Waals surface area contributed by atoms with Crippen molar-refractivity contribution in [1.29, 1.82) is 0 Å². The van der Waals surface area contributed by atoms with Crippen LogP contribution in [0.5, 0.6) is 0 Å². The lowest BCUT2D eigenvalue weighted by molar-refractivity contribution is 0.0620.